The van der Waals surface area contributed by atoms with Crippen molar-refractivity contribution in [2.24, 2.45) is 0 Å². The summed E-state index contributed by atoms with van der Waals surface area (Å²) in [4.78, 5) is 0. The average Bonchev–Trinajstić information content (AvgIpc) is 2.72. The van der Waals surface area contributed by atoms with E-state index in [0.29, 0.717) is 6.04 Å². The van der Waals surface area contributed by atoms with Gasteiger partial charge in [0.2, 0.25) is 0 Å². The quantitative estimate of drug-likeness (QED) is 0.727. The predicted molar refractivity (Wildman–Crippen MR) is 81.5 cm³/mol. The highest BCUT2D eigenvalue weighted by Crippen LogP contribution is 2.40. The van der Waals surface area contributed by atoms with Gasteiger partial charge in [-0.2, -0.15) is 0 Å². The minimum absolute atomic E-state index is 0.0843. The van der Waals surface area contributed by atoms with Gasteiger partial charge in [-0.3, -0.25) is 0 Å². The van der Waals surface area contributed by atoms with Crippen LogP contribution in [0.25, 0.3) is 0 Å². The number of hydrogen-bond acceptors (Lipinski definition) is 2. The lowest BCUT2D eigenvalue weighted by Crippen LogP contribution is -2.52. The third-order valence-corrected chi connectivity index (χ3v) is 4.76. The molecule has 1 saturated carbocycles. The zero-order valence-electron chi connectivity index (χ0n) is 12.8. The van der Waals surface area contributed by atoms with Crippen LogP contribution in [0.4, 0.5) is 0 Å². The third-order valence-electron chi connectivity index (χ3n) is 4.76. The van der Waals surface area contributed by atoms with E-state index < -0.39 is 0 Å². The Bertz CT molecular complexity index is 292. The molecular formula is C17H31NO. The lowest BCUT2D eigenvalue weighted by molar-refractivity contribution is -0.0531. The number of rotatable bonds is 6. The second kappa shape index (κ2) is 7.44. The molecule has 19 heavy (non-hydrogen) atoms. The summed E-state index contributed by atoms with van der Waals surface area (Å²) in [6.45, 7) is 6.25. The van der Waals surface area contributed by atoms with Crippen LogP contribution in [0.5, 0.6) is 0 Å². The fourth-order valence-electron chi connectivity index (χ4n) is 3.94. The van der Waals surface area contributed by atoms with Crippen LogP contribution in [0.2, 0.25) is 0 Å². The van der Waals surface area contributed by atoms with E-state index in [1.165, 1.54) is 57.8 Å². The molecule has 0 aromatic heterocycles. The Hall–Kier alpha value is -0.340. The molecule has 1 fully saturated rings. The fourth-order valence-corrected chi connectivity index (χ4v) is 3.94. The standard InChI is InChI=1S/C17H31NO/c1-3-18-16(15-11-7-5-6-8-12-15)17(19-4-2)13-9-10-14-17/h11,16,18H,3-10,12-14H2,1-2H3. The van der Waals surface area contributed by atoms with Crippen molar-refractivity contribution in [1.29, 1.82) is 0 Å². The van der Waals surface area contributed by atoms with Gasteiger partial charge in [0, 0.05) is 6.61 Å². The number of ether oxygens (including phenoxy) is 1. The predicted octanol–water partition coefficient (Wildman–Crippen LogP) is 4.20. The van der Waals surface area contributed by atoms with Gasteiger partial charge in [0.05, 0.1) is 11.6 Å². The lowest BCUT2D eigenvalue weighted by Gasteiger charge is -2.39. The van der Waals surface area contributed by atoms with E-state index in [9.17, 15) is 0 Å². The molecular weight excluding hydrogens is 234 g/mol. The second-order valence-corrected chi connectivity index (χ2v) is 6.07. The van der Waals surface area contributed by atoms with E-state index in [-0.39, 0.29) is 5.60 Å². The van der Waals surface area contributed by atoms with Crippen LogP contribution >= 0.6 is 0 Å². The topological polar surface area (TPSA) is 21.3 Å². The molecule has 2 rings (SSSR count). The largest absolute Gasteiger partial charge is 0.373 e. The minimum atomic E-state index is 0.0843. The van der Waals surface area contributed by atoms with Crippen molar-refractivity contribution in [3.63, 3.8) is 0 Å². The Labute approximate surface area is 119 Å². The van der Waals surface area contributed by atoms with Gasteiger partial charge < -0.3 is 10.1 Å². The highest BCUT2D eigenvalue weighted by Gasteiger charge is 2.43. The summed E-state index contributed by atoms with van der Waals surface area (Å²) in [6, 6.07) is 0.457. The fraction of sp³-hybridized carbons (Fsp3) is 0.882. The zero-order valence-corrected chi connectivity index (χ0v) is 12.8. The van der Waals surface area contributed by atoms with Crippen molar-refractivity contribution in [2.45, 2.75) is 83.3 Å². The number of nitrogens with one attached hydrogen (secondary N) is 1. The first kappa shape index (κ1) is 15.1. The van der Waals surface area contributed by atoms with Crippen LogP contribution in [0.15, 0.2) is 11.6 Å². The summed E-state index contributed by atoms with van der Waals surface area (Å²) >= 11 is 0. The van der Waals surface area contributed by atoms with E-state index >= 15 is 0 Å². The van der Waals surface area contributed by atoms with Crippen LogP contribution in [-0.4, -0.2) is 24.8 Å². The molecule has 0 heterocycles. The Morgan fingerprint density at radius 2 is 1.95 bits per heavy atom. The van der Waals surface area contributed by atoms with E-state index in [1.54, 1.807) is 5.57 Å². The van der Waals surface area contributed by atoms with Crippen LogP contribution < -0.4 is 5.32 Å². The van der Waals surface area contributed by atoms with Crippen LogP contribution in [0, 0.1) is 0 Å². The van der Waals surface area contributed by atoms with Gasteiger partial charge >= 0.3 is 0 Å². The molecule has 1 unspecified atom stereocenters. The Morgan fingerprint density at radius 3 is 2.63 bits per heavy atom. The monoisotopic (exact) mass is 265 g/mol. The maximum atomic E-state index is 6.30. The van der Waals surface area contributed by atoms with Gasteiger partial charge in [0.1, 0.15) is 0 Å². The molecule has 1 N–H and O–H groups in total. The summed E-state index contributed by atoms with van der Waals surface area (Å²) in [5.41, 5.74) is 1.72. The first-order valence-electron chi connectivity index (χ1n) is 8.38. The van der Waals surface area contributed by atoms with Crippen molar-refractivity contribution < 1.29 is 4.74 Å². The van der Waals surface area contributed by atoms with E-state index in [1.807, 2.05) is 0 Å². The SMILES string of the molecule is CCNC(C1=CCCCCC1)C1(OCC)CCCC1. The molecule has 0 aliphatic heterocycles. The number of allylic oxidation sites excluding steroid dienone is 1. The lowest BCUT2D eigenvalue weighted by atomic mass is 9.84. The molecule has 2 heteroatoms. The third kappa shape index (κ3) is 3.61. The summed E-state index contributed by atoms with van der Waals surface area (Å²) in [5, 5.41) is 3.75. The second-order valence-electron chi connectivity index (χ2n) is 6.07. The molecule has 2 nitrogen and oxygen atoms in total. The molecule has 1 atom stereocenters. The van der Waals surface area contributed by atoms with E-state index in [2.05, 4.69) is 25.2 Å². The number of hydrogen-bond donors (Lipinski definition) is 1. The molecule has 0 aromatic rings. The minimum Gasteiger partial charge on any atom is -0.373 e. The van der Waals surface area contributed by atoms with Gasteiger partial charge in [0.25, 0.3) is 0 Å². The normalized spacial score (nSPS) is 24.8. The Kier molecular flexibility index (Phi) is 5.90. The van der Waals surface area contributed by atoms with Crippen LogP contribution in [0.1, 0.15) is 71.6 Å². The molecule has 0 amide bonds. The van der Waals surface area contributed by atoms with Crippen molar-refractivity contribution in [2.75, 3.05) is 13.2 Å². The van der Waals surface area contributed by atoms with Gasteiger partial charge in [-0.1, -0.05) is 37.8 Å². The molecule has 2 aliphatic rings. The van der Waals surface area contributed by atoms with E-state index in [0.717, 1.165) is 13.2 Å². The summed E-state index contributed by atoms with van der Waals surface area (Å²) in [5.74, 6) is 0. The highest BCUT2D eigenvalue weighted by atomic mass is 16.5. The maximum absolute atomic E-state index is 6.30. The zero-order chi connectivity index (χ0) is 13.6. The maximum Gasteiger partial charge on any atom is 0.0872 e. The first-order valence-corrected chi connectivity index (χ1v) is 8.38. The number of likely N-dealkylation sites (N-methyl/N-ethyl adjacent to an activating group) is 1. The van der Waals surface area contributed by atoms with Crippen molar-refractivity contribution in [3.8, 4) is 0 Å². The van der Waals surface area contributed by atoms with Gasteiger partial charge in [-0.05, 0) is 52.0 Å². The molecule has 0 bridgehead atoms. The highest BCUT2D eigenvalue weighted by molar-refractivity contribution is 5.20. The molecule has 0 spiro atoms. The van der Waals surface area contributed by atoms with Crippen molar-refractivity contribution in [3.05, 3.63) is 11.6 Å². The Morgan fingerprint density at radius 1 is 1.16 bits per heavy atom. The molecule has 0 saturated heterocycles. The Balaban J connectivity index is 2.18. The van der Waals surface area contributed by atoms with Crippen LogP contribution in [0.3, 0.4) is 0 Å². The summed E-state index contributed by atoms with van der Waals surface area (Å²) in [7, 11) is 0. The average molecular weight is 265 g/mol. The molecule has 110 valence electrons. The van der Waals surface area contributed by atoms with Gasteiger partial charge in [-0.25, -0.2) is 0 Å². The summed E-state index contributed by atoms with van der Waals surface area (Å²) in [6.07, 6.45) is 14.3. The van der Waals surface area contributed by atoms with Crippen LogP contribution in [-0.2, 0) is 4.74 Å². The van der Waals surface area contributed by atoms with Gasteiger partial charge in [-0.15, -0.1) is 0 Å². The van der Waals surface area contributed by atoms with Crippen molar-refractivity contribution >= 4 is 0 Å². The summed E-state index contributed by atoms with van der Waals surface area (Å²) < 4.78 is 6.30. The smallest absolute Gasteiger partial charge is 0.0872 e. The molecule has 0 radical (unpaired) electrons. The van der Waals surface area contributed by atoms with E-state index in [4.69, 9.17) is 4.74 Å². The van der Waals surface area contributed by atoms with Gasteiger partial charge in [0.15, 0.2) is 0 Å². The molecule has 2 aliphatic carbocycles. The van der Waals surface area contributed by atoms with Crippen molar-refractivity contribution in [1.82, 2.24) is 5.32 Å². The first-order chi connectivity index (χ1) is 9.32. The molecule has 0 aromatic carbocycles.